The fourth-order valence-corrected chi connectivity index (χ4v) is 3.56. The number of anilines is 1. The standard InChI is InChI=1S/C19H18F2N4O.ClH/c20-13-9-12(10-14(21)11-13)18(26)25-7-5-19(6-8-25)23-16-4-2-1-3-15(16)17(22)24-19;/h1-4,9-11,23H,5-8H2,(H2,22,24);1H. The first-order valence-electron chi connectivity index (χ1n) is 8.44. The monoisotopic (exact) mass is 392 g/mol. The zero-order valence-electron chi connectivity index (χ0n) is 14.4. The molecular formula is C19H19ClF2N4O. The molecule has 8 heteroatoms. The number of para-hydroxylation sites is 1. The number of carbonyl (C=O) groups is 1. The third kappa shape index (κ3) is 3.60. The summed E-state index contributed by atoms with van der Waals surface area (Å²) in [5.41, 5.74) is 7.37. The van der Waals surface area contributed by atoms with Crippen LogP contribution in [0.15, 0.2) is 47.5 Å². The van der Waals surface area contributed by atoms with Crippen LogP contribution in [0.3, 0.4) is 0 Å². The van der Waals surface area contributed by atoms with Crippen LogP contribution in [0.5, 0.6) is 0 Å². The first kappa shape index (κ1) is 19.1. The molecule has 1 spiro atoms. The molecule has 3 N–H and O–H groups in total. The smallest absolute Gasteiger partial charge is 0.254 e. The number of nitrogens with zero attached hydrogens (tertiary/aromatic N) is 2. The van der Waals surface area contributed by atoms with Crippen LogP contribution in [0.25, 0.3) is 0 Å². The number of nitrogens with two attached hydrogens (primary N) is 1. The Morgan fingerprint density at radius 3 is 2.41 bits per heavy atom. The third-order valence-electron chi connectivity index (χ3n) is 4.89. The molecule has 0 atom stereocenters. The number of carbonyl (C=O) groups excluding carboxylic acids is 1. The highest BCUT2D eigenvalue weighted by Gasteiger charge is 2.38. The lowest BCUT2D eigenvalue weighted by Crippen LogP contribution is -2.52. The van der Waals surface area contributed by atoms with Gasteiger partial charge in [-0.1, -0.05) is 12.1 Å². The zero-order valence-corrected chi connectivity index (χ0v) is 15.2. The molecule has 2 aromatic carbocycles. The van der Waals surface area contributed by atoms with Gasteiger partial charge in [-0.2, -0.15) is 0 Å². The molecule has 0 radical (unpaired) electrons. The molecule has 0 aliphatic carbocycles. The summed E-state index contributed by atoms with van der Waals surface area (Å²) in [6.07, 6.45) is 1.12. The number of hydrogen-bond acceptors (Lipinski definition) is 4. The molecule has 2 aliphatic heterocycles. The second-order valence-electron chi connectivity index (χ2n) is 6.65. The van der Waals surface area contributed by atoms with Gasteiger partial charge < -0.3 is 16.0 Å². The van der Waals surface area contributed by atoms with Crippen molar-refractivity contribution in [3.63, 3.8) is 0 Å². The van der Waals surface area contributed by atoms with E-state index in [1.165, 1.54) is 0 Å². The number of benzene rings is 2. The van der Waals surface area contributed by atoms with Gasteiger partial charge in [-0.15, -0.1) is 12.4 Å². The maximum Gasteiger partial charge on any atom is 0.254 e. The van der Waals surface area contributed by atoms with Gasteiger partial charge in [0.05, 0.1) is 0 Å². The normalized spacial score (nSPS) is 17.4. The van der Waals surface area contributed by atoms with Crippen molar-refractivity contribution in [2.45, 2.75) is 18.5 Å². The van der Waals surface area contributed by atoms with Crippen LogP contribution in [0.1, 0.15) is 28.8 Å². The average molecular weight is 393 g/mol. The highest BCUT2D eigenvalue weighted by molar-refractivity contribution is 6.04. The summed E-state index contributed by atoms with van der Waals surface area (Å²) in [5.74, 6) is -1.42. The Labute approximate surface area is 161 Å². The van der Waals surface area contributed by atoms with Crippen molar-refractivity contribution in [1.29, 1.82) is 0 Å². The van der Waals surface area contributed by atoms with E-state index in [9.17, 15) is 13.6 Å². The molecule has 0 aromatic heterocycles. The van der Waals surface area contributed by atoms with Crippen molar-refractivity contribution in [1.82, 2.24) is 4.90 Å². The summed E-state index contributed by atoms with van der Waals surface area (Å²) >= 11 is 0. The predicted octanol–water partition coefficient (Wildman–Crippen LogP) is 3.15. The van der Waals surface area contributed by atoms with E-state index in [1.54, 1.807) is 4.90 Å². The van der Waals surface area contributed by atoms with Crippen molar-refractivity contribution >= 4 is 29.8 Å². The number of aliphatic imine (C=N–C) groups is 1. The molecule has 0 bridgehead atoms. The predicted molar refractivity (Wildman–Crippen MR) is 102 cm³/mol. The first-order valence-corrected chi connectivity index (χ1v) is 8.44. The van der Waals surface area contributed by atoms with Gasteiger partial charge in [0.25, 0.3) is 5.91 Å². The second kappa shape index (κ2) is 7.15. The minimum Gasteiger partial charge on any atom is -0.383 e. The Hall–Kier alpha value is -2.67. The summed E-state index contributed by atoms with van der Waals surface area (Å²) in [5, 5.41) is 3.43. The van der Waals surface area contributed by atoms with Gasteiger partial charge in [0, 0.05) is 48.8 Å². The SMILES string of the molecule is Cl.NC1=NC2(CCN(C(=O)c3cc(F)cc(F)c3)CC2)Nc2ccccc21. The molecule has 2 aromatic rings. The van der Waals surface area contributed by atoms with Gasteiger partial charge in [-0.3, -0.25) is 4.79 Å². The number of amides is 1. The lowest BCUT2D eigenvalue weighted by Gasteiger charge is -2.42. The topological polar surface area (TPSA) is 70.7 Å². The second-order valence-corrected chi connectivity index (χ2v) is 6.65. The zero-order chi connectivity index (χ0) is 18.3. The minimum atomic E-state index is -0.759. The number of halogens is 3. The van der Waals surface area contributed by atoms with Gasteiger partial charge in [0.1, 0.15) is 23.1 Å². The average Bonchev–Trinajstić information content (AvgIpc) is 2.61. The number of piperidine rings is 1. The summed E-state index contributed by atoms with van der Waals surface area (Å²) < 4.78 is 26.7. The van der Waals surface area contributed by atoms with Gasteiger partial charge in [-0.25, -0.2) is 13.8 Å². The molecule has 4 rings (SSSR count). The number of likely N-dealkylation sites (tertiary alicyclic amines) is 1. The van der Waals surface area contributed by atoms with Gasteiger partial charge in [-0.05, 0) is 24.3 Å². The van der Waals surface area contributed by atoms with Crippen LogP contribution < -0.4 is 11.1 Å². The van der Waals surface area contributed by atoms with E-state index < -0.39 is 17.3 Å². The quantitative estimate of drug-likeness (QED) is 0.783. The Morgan fingerprint density at radius 2 is 1.74 bits per heavy atom. The fraction of sp³-hybridized carbons (Fsp3) is 0.263. The fourth-order valence-electron chi connectivity index (χ4n) is 3.56. The van der Waals surface area contributed by atoms with E-state index in [2.05, 4.69) is 10.3 Å². The molecule has 1 saturated heterocycles. The van der Waals surface area contributed by atoms with E-state index in [4.69, 9.17) is 5.73 Å². The van der Waals surface area contributed by atoms with Crippen LogP contribution in [0, 0.1) is 11.6 Å². The van der Waals surface area contributed by atoms with Crippen LogP contribution in [-0.2, 0) is 0 Å². The first-order chi connectivity index (χ1) is 12.5. The van der Waals surface area contributed by atoms with Crippen molar-refractivity contribution in [3.05, 3.63) is 65.2 Å². The third-order valence-corrected chi connectivity index (χ3v) is 4.89. The molecule has 0 saturated carbocycles. The number of fused-ring (bicyclic) bond motifs is 1. The van der Waals surface area contributed by atoms with Gasteiger partial charge in [0.15, 0.2) is 0 Å². The molecule has 2 heterocycles. The molecule has 0 unspecified atom stereocenters. The molecule has 1 fully saturated rings. The Balaban J connectivity index is 0.00000210. The van der Waals surface area contributed by atoms with Crippen LogP contribution in [0.4, 0.5) is 14.5 Å². The van der Waals surface area contributed by atoms with E-state index in [0.717, 1.165) is 29.4 Å². The van der Waals surface area contributed by atoms with E-state index >= 15 is 0 Å². The maximum absolute atomic E-state index is 13.4. The highest BCUT2D eigenvalue weighted by atomic mass is 35.5. The van der Waals surface area contributed by atoms with Crippen molar-refractivity contribution in [3.8, 4) is 0 Å². The number of nitrogens with one attached hydrogen (secondary N) is 1. The lowest BCUT2D eigenvalue weighted by atomic mass is 9.93. The summed E-state index contributed by atoms with van der Waals surface area (Å²) in [7, 11) is 0. The van der Waals surface area contributed by atoms with Crippen molar-refractivity contribution < 1.29 is 13.6 Å². The molecule has 142 valence electrons. The molecule has 27 heavy (non-hydrogen) atoms. The van der Waals surface area contributed by atoms with E-state index in [-0.39, 0.29) is 23.9 Å². The summed E-state index contributed by atoms with van der Waals surface area (Å²) in [6.45, 7) is 0.839. The van der Waals surface area contributed by atoms with E-state index in [1.807, 2.05) is 24.3 Å². The van der Waals surface area contributed by atoms with Crippen LogP contribution in [0.2, 0.25) is 0 Å². The van der Waals surface area contributed by atoms with Crippen molar-refractivity contribution in [2.75, 3.05) is 18.4 Å². The molecular weight excluding hydrogens is 374 g/mol. The van der Waals surface area contributed by atoms with Crippen LogP contribution >= 0.6 is 12.4 Å². The molecule has 2 aliphatic rings. The summed E-state index contributed by atoms with van der Waals surface area (Å²) in [4.78, 5) is 18.8. The van der Waals surface area contributed by atoms with Gasteiger partial charge in [0.2, 0.25) is 0 Å². The van der Waals surface area contributed by atoms with Crippen molar-refractivity contribution in [2.24, 2.45) is 10.7 Å². The highest BCUT2D eigenvalue weighted by Crippen LogP contribution is 2.34. The molecule has 1 amide bonds. The Morgan fingerprint density at radius 1 is 1.11 bits per heavy atom. The number of amidine groups is 1. The number of hydrogen-bond donors (Lipinski definition) is 2. The Bertz CT molecular complexity index is 890. The van der Waals surface area contributed by atoms with Crippen LogP contribution in [-0.4, -0.2) is 35.4 Å². The summed E-state index contributed by atoms with van der Waals surface area (Å²) in [6, 6.07) is 10.6. The lowest BCUT2D eigenvalue weighted by molar-refractivity contribution is 0.0684. The minimum absolute atomic E-state index is 0. The largest absolute Gasteiger partial charge is 0.383 e. The van der Waals surface area contributed by atoms with Gasteiger partial charge >= 0.3 is 0 Å². The maximum atomic E-state index is 13.4. The Kier molecular flexibility index (Phi) is 5.06. The molecule has 5 nitrogen and oxygen atoms in total. The number of rotatable bonds is 1. The van der Waals surface area contributed by atoms with E-state index in [0.29, 0.717) is 31.8 Å².